The van der Waals surface area contributed by atoms with E-state index in [0.717, 1.165) is 25.7 Å². The third-order valence-electron chi connectivity index (χ3n) is 4.92. The van der Waals surface area contributed by atoms with E-state index < -0.39 is 17.5 Å². The number of unbranched alkanes of at least 4 members (excludes halogenated alkanes) is 2. The maximum Gasteiger partial charge on any atom is 0.164 e. The maximum absolute atomic E-state index is 14.0. The fraction of sp³-hybridized carbons (Fsp3) is 0.667. The van der Waals surface area contributed by atoms with Gasteiger partial charge < -0.3 is 0 Å². The summed E-state index contributed by atoms with van der Waals surface area (Å²) in [6.07, 6.45) is 8.76. The molecule has 0 aliphatic heterocycles. The van der Waals surface area contributed by atoms with Gasteiger partial charge in [-0.3, -0.25) is 0 Å². The molecule has 3 heteroatoms. The van der Waals surface area contributed by atoms with Crippen LogP contribution >= 0.6 is 0 Å². The molecule has 0 bridgehead atoms. The molecule has 118 valence electrons. The lowest BCUT2D eigenvalue weighted by Crippen LogP contribution is -2.15. The second kappa shape index (κ2) is 7.33. The zero-order valence-corrected chi connectivity index (χ0v) is 13.0. The molecule has 1 aromatic rings. The van der Waals surface area contributed by atoms with Gasteiger partial charge in [-0.15, -0.1) is 0 Å². The lowest BCUT2D eigenvalue weighted by Gasteiger charge is -2.29. The predicted molar refractivity (Wildman–Crippen MR) is 79.9 cm³/mol. The molecule has 0 aromatic heterocycles. The predicted octanol–water partition coefficient (Wildman–Crippen LogP) is 6.27. The quantitative estimate of drug-likeness (QED) is 0.444. The largest absolute Gasteiger partial charge is 0.207 e. The summed E-state index contributed by atoms with van der Waals surface area (Å²) in [4.78, 5) is 0. The van der Waals surface area contributed by atoms with Crippen LogP contribution in [0.5, 0.6) is 0 Å². The first-order valence-electron chi connectivity index (χ1n) is 8.18. The van der Waals surface area contributed by atoms with E-state index in [1.807, 2.05) is 0 Å². The van der Waals surface area contributed by atoms with E-state index in [1.54, 1.807) is 0 Å². The molecule has 1 aliphatic carbocycles. The zero-order valence-electron chi connectivity index (χ0n) is 13.0. The van der Waals surface area contributed by atoms with E-state index >= 15 is 0 Å². The molecule has 0 N–H and O–H groups in total. The first-order chi connectivity index (χ1) is 10.0. The highest BCUT2D eigenvalue weighted by Crippen LogP contribution is 2.39. The Morgan fingerprint density at radius 2 is 1.67 bits per heavy atom. The number of benzene rings is 1. The minimum atomic E-state index is -1.02. The molecule has 0 heterocycles. The van der Waals surface area contributed by atoms with Gasteiger partial charge in [0, 0.05) is 5.56 Å². The average Bonchev–Trinajstić information content (AvgIpc) is 2.50. The van der Waals surface area contributed by atoms with Gasteiger partial charge in [0.15, 0.2) is 11.6 Å². The van der Waals surface area contributed by atoms with Crippen molar-refractivity contribution in [3.63, 3.8) is 0 Å². The first-order valence-corrected chi connectivity index (χ1v) is 8.18. The van der Waals surface area contributed by atoms with Crippen molar-refractivity contribution in [2.45, 2.75) is 71.1 Å². The third kappa shape index (κ3) is 3.81. The van der Waals surface area contributed by atoms with E-state index in [0.29, 0.717) is 5.92 Å². The van der Waals surface area contributed by atoms with Crippen LogP contribution in [0.3, 0.4) is 0 Å². The molecule has 0 amide bonds. The van der Waals surface area contributed by atoms with E-state index in [4.69, 9.17) is 0 Å². The lowest BCUT2D eigenvalue weighted by atomic mass is 9.76. The van der Waals surface area contributed by atoms with Crippen molar-refractivity contribution in [1.29, 1.82) is 0 Å². The van der Waals surface area contributed by atoms with Gasteiger partial charge in [0.2, 0.25) is 0 Å². The van der Waals surface area contributed by atoms with Gasteiger partial charge in [-0.2, -0.15) is 0 Å². The Hall–Kier alpha value is -0.990. The molecule has 21 heavy (non-hydrogen) atoms. The van der Waals surface area contributed by atoms with Crippen LogP contribution in [0.15, 0.2) is 6.07 Å². The third-order valence-corrected chi connectivity index (χ3v) is 4.92. The van der Waals surface area contributed by atoms with Gasteiger partial charge in [0.1, 0.15) is 5.82 Å². The summed E-state index contributed by atoms with van der Waals surface area (Å²) in [6.45, 7) is 3.47. The Balaban J connectivity index is 1.99. The molecule has 1 aliphatic rings. The lowest BCUT2D eigenvalue weighted by molar-refractivity contribution is 0.297. The van der Waals surface area contributed by atoms with Crippen molar-refractivity contribution in [2.24, 2.45) is 5.92 Å². The topological polar surface area (TPSA) is 0 Å². The second-order valence-corrected chi connectivity index (χ2v) is 6.41. The van der Waals surface area contributed by atoms with Crippen LogP contribution in [0.1, 0.15) is 75.3 Å². The standard InChI is InChI=1S/C18H25F3/c1-3-4-5-6-13-7-9-14(10-8-13)15-11-16(19)12(2)17(20)18(15)21/h11,13-14H,3-10H2,1-2H3/t13-,14-. The average molecular weight is 298 g/mol. The minimum Gasteiger partial charge on any atom is -0.207 e. The van der Waals surface area contributed by atoms with Crippen LogP contribution < -0.4 is 0 Å². The molecule has 0 unspecified atom stereocenters. The summed E-state index contributed by atoms with van der Waals surface area (Å²) < 4.78 is 41.4. The van der Waals surface area contributed by atoms with Crippen LogP contribution in [0, 0.1) is 30.3 Å². The summed E-state index contributed by atoms with van der Waals surface area (Å²) in [5.41, 5.74) is 0.0205. The van der Waals surface area contributed by atoms with Gasteiger partial charge in [-0.05, 0) is 56.1 Å². The van der Waals surface area contributed by atoms with E-state index in [9.17, 15) is 13.2 Å². The molecular weight excluding hydrogens is 273 g/mol. The van der Waals surface area contributed by atoms with Crippen molar-refractivity contribution in [2.75, 3.05) is 0 Å². The smallest absolute Gasteiger partial charge is 0.164 e. The van der Waals surface area contributed by atoms with Crippen molar-refractivity contribution in [1.82, 2.24) is 0 Å². The second-order valence-electron chi connectivity index (χ2n) is 6.41. The van der Waals surface area contributed by atoms with Crippen LogP contribution in [0.4, 0.5) is 13.2 Å². The van der Waals surface area contributed by atoms with Gasteiger partial charge in [0.25, 0.3) is 0 Å². The first kappa shape index (κ1) is 16.4. The molecule has 0 radical (unpaired) electrons. The summed E-state index contributed by atoms with van der Waals surface area (Å²) in [5, 5.41) is 0. The fourth-order valence-electron chi connectivity index (χ4n) is 3.45. The van der Waals surface area contributed by atoms with E-state index in [-0.39, 0.29) is 17.0 Å². The SMILES string of the molecule is CCCCC[C@H]1CC[C@H](c2cc(F)c(C)c(F)c2F)CC1. The van der Waals surface area contributed by atoms with Crippen molar-refractivity contribution < 1.29 is 13.2 Å². The molecule has 0 atom stereocenters. The molecule has 0 nitrogen and oxygen atoms in total. The minimum absolute atomic E-state index is 0.0305. The normalized spacial score (nSPS) is 22.5. The van der Waals surface area contributed by atoms with Crippen molar-refractivity contribution >= 4 is 0 Å². The number of hydrogen-bond acceptors (Lipinski definition) is 0. The molecule has 1 saturated carbocycles. The Kier molecular flexibility index (Phi) is 5.72. The zero-order chi connectivity index (χ0) is 15.4. The highest BCUT2D eigenvalue weighted by molar-refractivity contribution is 5.30. The Morgan fingerprint density at radius 3 is 2.29 bits per heavy atom. The Labute approximate surface area is 125 Å². The highest BCUT2D eigenvalue weighted by atomic mass is 19.2. The molecule has 2 rings (SSSR count). The van der Waals surface area contributed by atoms with Gasteiger partial charge in [-0.25, -0.2) is 13.2 Å². The van der Waals surface area contributed by atoms with Crippen LogP contribution in [-0.4, -0.2) is 0 Å². The number of rotatable bonds is 5. The molecule has 1 aromatic carbocycles. The van der Waals surface area contributed by atoms with Crippen molar-refractivity contribution in [3.8, 4) is 0 Å². The summed E-state index contributed by atoms with van der Waals surface area (Å²) in [5.74, 6) is -1.82. The molecular formula is C18H25F3. The molecule has 0 saturated heterocycles. The van der Waals surface area contributed by atoms with Crippen LogP contribution in [0.2, 0.25) is 0 Å². The monoisotopic (exact) mass is 298 g/mol. The van der Waals surface area contributed by atoms with E-state index in [1.165, 1.54) is 38.7 Å². The summed E-state index contributed by atoms with van der Waals surface area (Å²) >= 11 is 0. The highest BCUT2D eigenvalue weighted by Gasteiger charge is 2.27. The Morgan fingerprint density at radius 1 is 1.00 bits per heavy atom. The van der Waals surface area contributed by atoms with Crippen molar-refractivity contribution in [3.05, 3.63) is 34.6 Å². The van der Waals surface area contributed by atoms with Crippen LogP contribution in [0.25, 0.3) is 0 Å². The van der Waals surface area contributed by atoms with Crippen LogP contribution in [-0.2, 0) is 0 Å². The number of hydrogen-bond donors (Lipinski definition) is 0. The summed E-state index contributed by atoms with van der Waals surface area (Å²) in [6, 6.07) is 1.20. The number of halogens is 3. The fourth-order valence-corrected chi connectivity index (χ4v) is 3.45. The van der Waals surface area contributed by atoms with Gasteiger partial charge >= 0.3 is 0 Å². The maximum atomic E-state index is 14.0. The Bertz CT molecular complexity index is 474. The molecule has 1 fully saturated rings. The van der Waals surface area contributed by atoms with Gasteiger partial charge in [-0.1, -0.05) is 32.6 Å². The summed E-state index contributed by atoms with van der Waals surface area (Å²) in [7, 11) is 0. The molecule has 0 spiro atoms. The van der Waals surface area contributed by atoms with Gasteiger partial charge in [0.05, 0.1) is 0 Å². The van der Waals surface area contributed by atoms with E-state index in [2.05, 4.69) is 6.92 Å².